The Morgan fingerprint density at radius 1 is 0.765 bits per heavy atom. The van der Waals surface area contributed by atoms with Crippen molar-refractivity contribution in [2.45, 2.75) is 39.0 Å². The van der Waals surface area contributed by atoms with Crippen molar-refractivity contribution in [1.82, 2.24) is 20.4 Å². The van der Waals surface area contributed by atoms with Gasteiger partial charge in [0.25, 0.3) is 11.8 Å². The van der Waals surface area contributed by atoms with Gasteiger partial charge in [0.05, 0.1) is 26.4 Å². The molecular weight excluding hydrogens is 432 g/mol. The molecule has 0 unspecified atom stereocenters. The number of hydrogen-bond acceptors (Lipinski definition) is 6. The number of morpholine rings is 2. The maximum Gasteiger partial charge on any atom is 0.251 e. The second kappa shape index (κ2) is 13.2. The van der Waals surface area contributed by atoms with Gasteiger partial charge in [0.2, 0.25) is 0 Å². The molecule has 2 N–H and O–H groups in total. The fourth-order valence-corrected chi connectivity index (χ4v) is 4.19. The van der Waals surface area contributed by atoms with Gasteiger partial charge in [0.1, 0.15) is 0 Å². The zero-order valence-electron chi connectivity index (χ0n) is 21.2. The quantitative estimate of drug-likeness (QED) is 0.504. The van der Waals surface area contributed by atoms with Crippen LogP contribution in [-0.2, 0) is 14.9 Å². The van der Waals surface area contributed by atoms with Crippen LogP contribution >= 0.6 is 0 Å². The van der Waals surface area contributed by atoms with E-state index in [0.717, 1.165) is 84.1 Å². The van der Waals surface area contributed by atoms with Gasteiger partial charge < -0.3 is 20.1 Å². The minimum absolute atomic E-state index is 0.130. The van der Waals surface area contributed by atoms with Gasteiger partial charge in [0, 0.05) is 50.4 Å². The third-order valence-electron chi connectivity index (χ3n) is 6.40. The third-order valence-corrected chi connectivity index (χ3v) is 6.40. The molecule has 2 amide bonds. The second-order valence-corrected chi connectivity index (χ2v) is 10.2. The molecule has 0 aromatic heterocycles. The Kier molecular flexibility index (Phi) is 10.3. The van der Waals surface area contributed by atoms with E-state index in [1.807, 2.05) is 12.1 Å². The highest BCUT2D eigenvalue weighted by atomic mass is 16.5. The zero-order chi connectivity index (χ0) is 24.4. The van der Waals surface area contributed by atoms with Crippen LogP contribution in [0.1, 0.15) is 59.9 Å². The summed E-state index contributed by atoms with van der Waals surface area (Å²) >= 11 is 0. The number of rotatable bonds is 10. The normalized spacial score (nSPS) is 18.0. The molecule has 0 bridgehead atoms. The first-order valence-corrected chi connectivity index (χ1v) is 12.6. The van der Waals surface area contributed by atoms with Crippen molar-refractivity contribution in [1.29, 1.82) is 0 Å². The van der Waals surface area contributed by atoms with E-state index in [9.17, 15) is 9.59 Å². The van der Waals surface area contributed by atoms with Crippen LogP contribution in [0.4, 0.5) is 0 Å². The van der Waals surface area contributed by atoms with Gasteiger partial charge in [-0.25, -0.2) is 0 Å². The van der Waals surface area contributed by atoms with Gasteiger partial charge in [-0.1, -0.05) is 20.8 Å². The Morgan fingerprint density at radius 2 is 1.18 bits per heavy atom. The average Bonchev–Trinajstić information content (AvgIpc) is 2.84. The van der Waals surface area contributed by atoms with E-state index in [0.29, 0.717) is 24.2 Å². The van der Waals surface area contributed by atoms with Crippen LogP contribution in [0.15, 0.2) is 18.2 Å². The molecule has 2 fully saturated rings. The predicted octanol–water partition coefficient (Wildman–Crippen LogP) is 1.89. The highest BCUT2D eigenvalue weighted by Crippen LogP contribution is 2.25. The zero-order valence-corrected chi connectivity index (χ0v) is 21.2. The Hall–Kier alpha value is -2.00. The molecule has 190 valence electrons. The molecule has 8 nitrogen and oxygen atoms in total. The van der Waals surface area contributed by atoms with Gasteiger partial charge in [-0.15, -0.1) is 0 Å². The fourth-order valence-electron chi connectivity index (χ4n) is 4.19. The van der Waals surface area contributed by atoms with Gasteiger partial charge in [-0.05, 0) is 55.1 Å². The SMILES string of the molecule is CC(C)(C)c1cc(C(=O)NCCCN2CCOCC2)cc(C(=O)NCCCN2CCOCC2)c1. The van der Waals surface area contributed by atoms with E-state index >= 15 is 0 Å². The summed E-state index contributed by atoms with van der Waals surface area (Å²) in [4.78, 5) is 30.5. The van der Waals surface area contributed by atoms with E-state index in [4.69, 9.17) is 9.47 Å². The number of amides is 2. The van der Waals surface area contributed by atoms with Crippen molar-refractivity contribution in [3.8, 4) is 0 Å². The molecule has 0 aliphatic carbocycles. The van der Waals surface area contributed by atoms with E-state index < -0.39 is 0 Å². The lowest BCUT2D eigenvalue weighted by Gasteiger charge is -2.26. The average molecular weight is 475 g/mol. The molecule has 0 atom stereocenters. The lowest BCUT2D eigenvalue weighted by Crippen LogP contribution is -2.38. The highest BCUT2D eigenvalue weighted by Gasteiger charge is 2.20. The molecule has 2 heterocycles. The highest BCUT2D eigenvalue weighted by molar-refractivity contribution is 6.00. The molecule has 2 saturated heterocycles. The fraction of sp³-hybridized carbons (Fsp3) is 0.692. The van der Waals surface area contributed by atoms with Crippen LogP contribution in [0.3, 0.4) is 0 Å². The van der Waals surface area contributed by atoms with E-state index in [-0.39, 0.29) is 17.2 Å². The summed E-state index contributed by atoms with van der Waals surface area (Å²) in [6.45, 7) is 16.3. The molecule has 1 aromatic carbocycles. The van der Waals surface area contributed by atoms with Crippen molar-refractivity contribution in [2.24, 2.45) is 0 Å². The van der Waals surface area contributed by atoms with Crippen molar-refractivity contribution >= 4 is 11.8 Å². The largest absolute Gasteiger partial charge is 0.379 e. The molecule has 8 heteroatoms. The minimum atomic E-state index is -0.169. The molecule has 2 aliphatic heterocycles. The molecule has 1 aromatic rings. The van der Waals surface area contributed by atoms with E-state index in [1.54, 1.807) is 6.07 Å². The van der Waals surface area contributed by atoms with Gasteiger partial charge in [-0.3, -0.25) is 19.4 Å². The summed E-state index contributed by atoms with van der Waals surface area (Å²) in [6.07, 6.45) is 1.78. The first-order chi connectivity index (χ1) is 16.3. The smallest absolute Gasteiger partial charge is 0.251 e. The lowest BCUT2D eigenvalue weighted by molar-refractivity contribution is 0.0374. The summed E-state index contributed by atoms with van der Waals surface area (Å²) in [6, 6.07) is 5.53. The Morgan fingerprint density at radius 3 is 1.56 bits per heavy atom. The first-order valence-electron chi connectivity index (χ1n) is 12.6. The topological polar surface area (TPSA) is 83.1 Å². The van der Waals surface area contributed by atoms with Crippen molar-refractivity contribution < 1.29 is 19.1 Å². The molecule has 0 radical (unpaired) electrons. The molecular formula is C26H42N4O4. The molecule has 0 spiro atoms. The van der Waals surface area contributed by atoms with Crippen LogP contribution < -0.4 is 10.6 Å². The van der Waals surface area contributed by atoms with Gasteiger partial charge >= 0.3 is 0 Å². The van der Waals surface area contributed by atoms with Crippen LogP contribution in [0.25, 0.3) is 0 Å². The molecule has 3 rings (SSSR count). The summed E-state index contributed by atoms with van der Waals surface area (Å²) in [5, 5.41) is 6.06. The van der Waals surface area contributed by atoms with Crippen LogP contribution in [0.5, 0.6) is 0 Å². The first kappa shape index (κ1) is 26.6. The summed E-state index contributed by atoms with van der Waals surface area (Å²) < 4.78 is 10.8. The number of carbonyl (C=O) groups is 2. The molecule has 0 saturated carbocycles. The van der Waals surface area contributed by atoms with Crippen LogP contribution in [0, 0.1) is 0 Å². The number of nitrogens with one attached hydrogen (secondary N) is 2. The van der Waals surface area contributed by atoms with Gasteiger partial charge in [0.15, 0.2) is 0 Å². The van der Waals surface area contributed by atoms with Crippen LogP contribution in [0.2, 0.25) is 0 Å². The molecule has 34 heavy (non-hydrogen) atoms. The lowest BCUT2D eigenvalue weighted by atomic mass is 9.85. The van der Waals surface area contributed by atoms with E-state index in [2.05, 4.69) is 41.2 Å². The summed E-state index contributed by atoms with van der Waals surface area (Å²) in [7, 11) is 0. The summed E-state index contributed by atoms with van der Waals surface area (Å²) in [5.41, 5.74) is 1.89. The maximum absolute atomic E-state index is 12.9. The minimum Gasteiger partial charge on any atom is -0.379 e. The van der Waals surface area contributed by atoms with E-state index in [1.165, 1.54) is 0 Å². The maximum atomic E-state index is 12.9. The monoisotopic (exact) mass is 474 g/mol. The van der Waals surface area contributed by atoms with Crippen molar-refractivity contribution in [2.75, 3.05) is 78.8 Å². The van der Waals surface area contributed by atoms with Crippen molar-refractivity contribution in [3.05, 3.63) is 34.9 Å². The second-order valence-electron chi connectivity index (χ2n) is 10.2. The number of benzene rings is 1. The third kappa shape index (κ3) is 8.65. The Labute approximate surface area is 204 Å². The number of ether oxygens (including phenoxy) is 2. The Bertz CT molecular complexity index is 740. The number of carbonyl (C=O) groups excluding carboxylic acids is 2. The van der Waals surface area contributed by atoms with Gasteiger partial charge in [-0.2, -0.15) is 0 Å². The number of nitrogens with zero attached hydrogens (tertiary/aromatic N) is 2. The molecule has 2 aliphatic rings. The number of hydrogen-bond donors (Lipinski definition) is 2. The predicted molar refractivity (Wildman–Crippen MR) is 134 cm³/mol. The van der Waals surface area contributed by atoms with Crippen molar-refractivity contribution in [3.63, 3.8) is 0 Å². The summed E-state index contributed by atoms with van der Waals surface area (Å²) in [5.74, 6) is -0.260. The standard InChI is InChI=1S/C26H42N4O4/c1-26(2,3)23-19-21(24(31)27-6-4-8-29-10-14-33-15-11-29)18-22(20-23)25(32)28-7-5-9-30-12-16-34-17-13-30/h18-20H,4-17H2,1-3H3,(H,27,31)(H,28,32). The van der Waals surface area contributed by atoms with Crippen LogP contribution in [-0.4, -0.2) is 100 Å². The Balaban J connectivity index is 1.52.